The molecule has 0 amide bonds. The van der Waals surface area contributed by atoms with Gasteiger partial charge in [-0.1, -0.05) is 19.3 Å². The SMILES string of the molecule is C#CCN(CCC)S(=O)(=O)C1CCCC1C(=O)OC. The summed E-state index contributed by atoms with van der Waals surface area (Å²) in [7, 11) is -2.25. The van der Waals surface area contributed by atoms with Gasteiger partial charge in [-0.25, -0.2) is 8.42 Å². The lowest BCUT2D eigenvalue weighted by atomic mass is 10.1. The van der Waals surface area contributed by atoms with Crippen molar-refractivity contribution in [3.63, 3.8) is 0 Å². The Bertz CT molecular complexity index is 452. The van der Waals surface area contributed by atoms with Crippen LogP contribution in [-0.2, 0) is 19.6 Å². The highest BCUT2D eigenvalue weighted by molar-refractivity contribution is 7.89. The number of hydrogen-bond acceptors (Lipinski definition) is 4. The van der Waals surface area contributed by atoms with Crippen LogP contribution in [-0.4, -0.2) is 44.1 Å². The molecule has 1 aliphatic rings. The maximum Gasteiger partial charge on any atom is 0.310 e. The highest BCUT2D eigenvalue weighted by Crippen LogP contribution is 2.33. The molecular weight excluding hydrogens is 266 g/mol. The van der Waals surface area contributed by atoms with Crippen molar-refractivity contribution in [2.24, 2.45) is 5.92 Å². The number of hydrogen-bond donors (Lipinski definition) is 0. The molecular formula is C13H21NO4S. The van der Waals surface area contributed by atoms with E-state index in [-0.39, 0.29) is 6.54 Å². The number of esters is 1. The van der Waals surface area contributed by atoms with Crippen molar-refractivity contribution in [2.45, 2.75) is 37.9 Å². The Morgan fingerprint density at radius 3 is 2.68 bits per heavy atom. The molecule has 0 heterocycles. The number of methoxy groups -OCH3 is 1. The average Bonchev–Trinajstić information content (AvgIpc) is 2.87. The summed E-state index contributed by atoms with van der Waals surface area (Å²) < 4.78 is 31.1. The third kappa shape index (κ3) is 3.48. The standard InChI is InChI=1S/C13H21NO4S/c1-4-9-14(10-5-2)19(16,17)12-8-6-7-11(12)13(15)18-3/h1,11-12H,5-10H2,2-3H3. The van der Waals surface area contributed by atoms with Gasteiger partial charge >= 0.3 is 5.97 Å². The van der Waals surface area contributed by atoms with Crippen LogP contribution in [0.1, 0.15) is 32.6 Å². The first kappa shape index (κ1) is 16.0. The molecule has 0 saturated heterocycles. The molecule has 0 bridgehead atoms. The van der Waals surface area contributed by atoms with Crippen LogP contribution in [0.15, 0.2) is 0 Å². The van der Waals surface area contributed by atoms with Gasteiger partial charge in [0.05, 0.1) is 24.8 Å². The van der Waals surface area contributed by atoms with Gasteiger partial charge in [0.25, 0.3) is 0 Å². The molecule has 19 heavy (non-hydrogen) atoms. The van der Waals surface area contributed by atoms with Gasteiger partial charge in [-0.2, -0.15) is 4.31 Å². The monoisotopic (exact) mass is 287 g/mol. The summed E-state index contributed by atoms with van der Waals surface area (Å²) in [5, 5.41) is -0.695. The van der Waals surface area contributed by atoms with Crippen LogP contribution < -0.4 is 0 Å². The Morgan fingerprint density at radius 2 is 2.16 bits per heavy atom. The Labute approximate surface area is 115 Å². The fourth-order valence-electron chi connectivity index (χ4n) is 2.54. The van der Waals surface area contributed by atoms with Crippen LogP contribution in [0, 0.1) is 18.3 Å². The van der Waals surface area contributed by atoms with E-state index in [9.17, 15) is 13.2 Å². The molecule has 108 valence electrons. The summed E-state index contributed by atoms with van der Waals surface area (Å²) in [4.78, 5) is 11.7. The third-order valence-electron chi connectivity index (χ3n) is 3.44. The lowest BCUT2D eigenvalue weighted by Crippen LogP contribution is -2.43. The molecule has 5 nitrogen and oxygen atoms in total. The molecule has 1 rings (SSSR count). The smallest absolute Gasteiger partial charge is 0.310 e. The molecule has 0 aromatic carbocycles. The van der Waals surface area contributed by atoms with Crippen LogP contribution in [0.3, 0.4) is 0 Å². The predicted octanol–water partition coefficient (Wildman–Crippen LogP) is 1.00. The highest BCUT2D eigenvalue weighted by atomic mass is 32.2. The topological polar surface area (TPSA) is 63.7 Å². The molecule has 2 atom stereocenters. The molecule has 0 aromatic heterocycles. The maximum atomic E-state index is 12.6. The lowest BCUT2D eigenvalue weighted by molar-refractivity contribution is -0.145. The molecule has 0 aromatic rings. The Kier molecular flexibility index (Phi) is 5.83. The van der Waals surface area contributed by atoms with E-state index in [0.29, 0.717) is 25.8 Å². The number of ether oxygens (including phenoxy) is 1. The van der Waals surface area contributed by atoms with Crippen LogP contribution in [0.25, 0.3) is 0 Å². The number of rotatable bonds is 6. The van der Waals surface area contributed by atoms with Crippen LogP contribution in [0.5, 0.6) is 0 Å². The van der Waals surface area contributed by atoms with Gasteiger partial charge in [0.15, 0.2) is 0 Å². The number of sulfonamides is 1. The van der Waals surface area contributed by atoms with Crippen molar-refractivity contribution < 1.29 is 17.9 Å². The number of nitrogens with zero attached hydrogens (tertiary/aromatic N) is 1. The maximum absolute atomic E-state index is 12.6. The van der Waals surface area contributed by atoms with Crippen molar-refractivity contribution >= 4 is 16.0 Å². The highest BCUT2D eigenvalue weighted by Gasteiger charge is 2.44. The molecule has 2 unspecified atom stereocenters. The van der Waals surface area contributed by atoms with Gasteiger partial charge in [0.1, 0.15) is 0 Å². The number of terminal acetylenes is 1. The Morgan fingerprint density at radius 1 is 1.47 bits per heavy atom. The van der Waals surface area contributed by atoms with E-state index in [0.717, 1.165) is 6.42 Å². The fourth-order valence-corrected chi connectivity index (χ4v) is 4.74. The minimum atomic E-state index is -3.54. The molecule has 1 fully saturated rings. The van der Waals surface area contributed by atoms with E-state index in [1.165, 1.54) is 11.4 Å². The Balaban J connectivity index is 2.97. The van der Waals surface area contributed by atoms with Gasteiger partial charge in [-0.15, -0.1) is 6.42 Å². The second-order valence-electron chi connectivity index (χ2n) is 4.68. The first-order valence-electron chi connectivity index (χ1n) is 6.49. The first-order chi connectivity index (χ1) is 8.98. The van der Waals surface area contributed by atoms with E-state index in [1.54, 1.807) is 0 Å². The van der Waals surface area contributed by atoms with E-state index in [1.807, 2.05) is 6.92 Å². The fraction of sp³-hybridized carbons (Fsp3) is 0.769. The van der Waals surface area contributed by atoms with Gasteiger partial charge in [-0.05, 0) is 19.3 Å². The van der Waals surface area contributed by atoms with Crippen molar-refractivity contribution in [1.29, 1.82) is 0 Å². The normalized spacial score (nSPS) is 23.3. The van der Waals surface area contributed by atoms with E-state index < -0.39 is 27.2 Å². The molecule has 0 radical (unpaired) electrons. The average molecular weight is 287 g/mol. The van der Waals surface area contributed by atoms with Crippen molar-refractivity contribution in [3.05, 3.63) is 0 Å². The van der Waals surface area contributed by atoms with Crippen molar-refractivity contribution in [1.82, 2.24) is 4.31 Å². The zero-order valence-electron chi connectivity index (χ0n) is 11.5. The van der Waals surface area contributed by atoms with E-state index in [2.05, 4.69) is 5.92 Å². The van der Waals surface area contributed by atoms with E-state index >= 15 is 0 Å². The first-order valence-corrected chi connectivity index (χ1v) is 7.99. The van der Waals surface area contributed by atoms with Crippen LogP contribution in [0.4, 0.5) is 0 Å². The van der Waals surface area contributed by atoms with Crippen LogP contribution in [0.2, 0.25) is 0 Å². The lowest BCUT2D eigenvalue weighted by Gasteiger charge is -2.26. The van der Waals surface area contributed by atoms with Gasteiger partial charge < -0.3 is 4.74 Å². The summed E-state index contributed by atoms with van der Waals surface area (Å²) in [6, 6.07) is 0. The summed E-state index contributed by atoms with van der Waals surface area (Å²) in [6.45, 7) is 2.34. The minimum absolute atomic E-state index is 0.0561. The molecule has 1 aliphatic carbocycles. The predicted molar refractivity (Wildman–Crippen MR) is 72.8 cm³/mol. The summed E-state index contributed by atoms with van der Waals surface area (Å²) in [6.07, 6.45) is 7.70. The van der Waals surface area contributed by atoms with Gasteiger partial charge in [-0.3, -0.25) is 4.79 Å². The summed E-state index contributed by atoms with van der Waals surface area (Å²) in [5.41, 5.74) is 0. The molecule has 0 spiro atoms. The third-order valence-corrected chi connectivity index (χ3v) is 5.80. The van der Waals surface area contributed by atoms with Crippen molar-refractivity contribution in [2.75, 3.05) is 20.2 Å². The summed E-state index contributed by atoms with van der Waals surface area (Å²) in [5.74, 6) is 1.37. The van der Waals surface area contributed by atoms with Gasteiger partial charge in [0.2, 0.25) is 10.0 Å². The second kappa shape index (κ2) is 6.92. The van der Waals surface area contributed by atoms with Crippen molar-refractivity contribution in [3.8, 4) is 12.3 Å². The zero-order valence-corrected chi connectivity index (χ0v) is 12.3. The van der Waals surface area contributed by atoms with Gasteiger partial charge in [0, 0.05) is 6.54 Å². The molecule has 0 aliphatic heterocycles. The molecule has 0 N–H and O–H groups in total. The number of carbonyl (C=O) groups excluding carboxylic acids is 1. The Hall–Kier alpha value is -1.06. The molecule has 1 saturated carbocycles. The zero-order chi connectivity index (χ0) is 14.5. The minimum Gasteiger partial charge on any atom is -0.469 e. The van der Waals surface area contributed by atoms with E-state index in [4.69, 9.17) is 11.2 Å². The number of carbonyl (C=O) groups is 1. The largest absolute Gasteiger partial charge is 0.469 e. The quantitative estimate of drug-likeness (QED) is 0.540. The molecule has 6 heteroatoms. The van der Waals surface area contributed by atoms with Crippen LogP contribution >= 0.6 is 0 Å². The second-order valence-corrected chi connectivity index (χ2v) is 6.83. The summed E-state index contributed by atoms with van der Waals surface area (Å²) >= 11 is 0.